The van der Waals surface area contributed by atoms with Crippen molar-refractivity contribution in [2.45, 2.75) is 32.1 Å². The average Bonchev–Trinajstić information content (AvgIpc) is 2.03. The number of halogens is 1. The average molecular weight is 159 g/mol. The molecule has 0 unspecified atom stereocenters. The van der Waals surface area contributed by atoms with E-state index < -0.39 is 0 Å². The van der Waals surface area contributed by atoms with Gasteiger partial charge in [-0.15, -0.1) is 11.6 Å². The lowest BCUT2D eigenvalue weighted by atomic mass is 9.89. The van der Waals surface area contributed by atoms with Crippen molar-refractivity contribution in [2.24, 2.45) is 5.92 Å². The van der Waals surface area contributed by atoms with Crippen LogP contribution < -0.4 is 0 Å². The molecule has 0 heterocycles. The smallest absolute Gasteiger partial charge is 0.0404 e. The third-order valence-corrected chi connectivity index (χ3v) is 2.33. The second-order valence-corrected chi connectivity index (χ2v) is 3.29. The fraction of sp³-hybridized carbons (Fsp3) is 0.778. The molecule has 10 heavy (non-hydrogen) atoms. The number of allylic oxidation sites excluding steroid dienone is 2. The van der Waals surface area contributed by atoms with Gasteiger partial charge in [0, 0.05) is 5.88 Å². The highest BCUT2D eigenvalue weighted by molar-refractivity contribution is 6.18. The van der Waals surface area contributed by atoms with Gasteiger partial charge in [-0.05, 0) is 18.8 Å². The van der Waals surface area contributed by atoms with Gasteiger partial charge in [0.25, 0.3) is 0 Å². The first-order valence-electron chi connectivity index (χ1n) is 4.16. The molecule has 0 saturated heterocycles. The van der Waals surface area contributed by atoms with Crippen LogP contribution in [0.5, 0.6) is 0 Å². The van der Waals surface area contributed by atoms with Crippen LogP contribution in [-0.2, 0) is 0 Å². The van der Waals surface area contributed by atoms with E-state index in [-0.39, 0.29) is 0 Å². The van der Waals surface area contributed by atoms with Crippen molar-refractivity contribution in [1.29, 1.82) is 0 Å². The summed E-state index contributed by atoms with van der Waals surface area (Å²) in [5.41, 5.74) is 0. The predicted octanol–water partition coefficient (Wildman–Crippen LogP) is 3.36. The molecule has 1 fully saturated rings. The van der Waals surface area contributed by atoms with Crippen LogP contribution >= 0.6 is 11.6 Å². The van der Waals surface area contributed by atoms with Crippen LogP contribution in [-0.4, -0.2) is 5.88 Å². The molecular weight excluding hydrogens is 144 g/mol. The lowest BCUT2D eigenvalue weighted by molar-refractivity contribution is 0.419. The minimum absolute atomic E-state index is 0.677. The van der Waals surface area contributed by atoms with E-state index in [1.165, 1.54) is 32.1 Å². The topological polar surface area (TPSA) is 0 Å². The highest BCUT2D eigenvalue weighted by atomic mass is 35.5. The predicted molar refractivity (Wildman–Crippen MR) is 46.4 cm³/mol. The van der Waals surface area contributed by atoms with Gasteiger partial charge in [-0.25, -0.2) is 0 Å². The fourth-order valence-corrected chi connectivity index (χ4v) is 1.67. The van der Waals surface area contributed by atoms with Crippen molar-refractivity contribution in [3.8, 4) is 0 Å². The van der Waals surface area contributed by atoms with Gasteiger partial charge in [0.15, 0.2) is 0 Å². The molecule has 1 heteroatoms. The number of alkyl halides is 1. The van der Waals surface area contributed by atoms with Gasteiger partial charge in [0.1, 0.15) is 0 Å². The minimum atomic E-state index is 0.677. The third kappa shape index (κ3) is 2.74. The van der Waals surface area contributed by atoms with Crippen molar-refractivity contribution < 1.29 is 0 Å². The maximum atomic E-state index is 5.53. The lowest BCUT2D eigenvalue weighted by Gasteiger charge is -2.17. The van der Waals surface area contributed by atoms with E-state index in [1.807, 2.05) is 0 Å². The van der Waals surface area contributed by atoms with E-state index >= 15 is 0 Å². The van der Waals surface area contributed by atoms with Crippen molar-refractivity contribution in [3.05, 3.63) is 12.2 Å². The van der Waals surface area contributed by atoms with Gasteiger partial charge in [0.2, 0.25) is 0 Å². The fourth-order valence-electron chi connectivity index (χ4n) is 1.57. The standard InChI is InChI=1S/C9H15Cl/c10-8-4-7-9-5-2-1-3-6-9/h4,7,9H,1-3,5-6,8H2. The van der Waals surface area contributed by atoms with Gasteiger partial charge in [0.05, 0.1) is 0 Å². The normalized spacial score (nSPS) is 22.1. The van der Waals surface area contributed by atoms with Crippen LogP contribution in [0.1, 0.15) is 32.1 Å². The highest BCUT2D eigenvalue weighted by Crippen LogP contribution is 2.24. The molecule has 1 aliphatic rings. The Morgan fingerprint density at radius 1 is 1.20 bits per heavy atom. The summed E-state index contributed by atoms with van der Waals surface area (Å²) in [4.78, 5) is 0. The van der Waals surface area contributed by atoms with Crippen LogP contribution in [0.25, 0.3) is 0 Å². The van der Waals surface area contributed by atoms with Gasteiger partial charge in [-0.3, -0.25) is 0 Å². The minimum Gasteiger partial charge on any atom is -0.122 e. The lowest BCUT2D eigenvalue weighted by Crippen LogP contribution is -2.02. The molecule has 0 aromatic rings. The molecule has 0 aliphatic heterocycles. The zero-order valence-electron chi connectivity index (χ0n) is 6.35. The summed E-state index contributed by atoms with van der Waals surface area (Å²) in [6.45, 7) is 0. The van der Waals surface area contributed by atoms with Crippen LogP contribution in [0.4, 0.5) is 0 Å². The summed E-state index contributed by atoms with van der Waals surface area (Å²) in [7, 11) is 0. The Hall–Kier alpha value is 0.0300. The third-order valence-electron chi connectivity index (χ3n) is 2.15. The first kappa shape index (κ1) is 8.13. The van der Waals surface area contributed by atoms with Crippen LogP contribution in [0.15, 0.2) is 12.2 Å². The van der Waals surface area contributed by atoms with Gasteiger partial charge in [-0.2, -0.15) is 0 Å². The Bertz CT molecular complexity index is 101. The van der Waals surface area contributed by atoms with E-state index in [0.29, 0.717) is 5.88 Å². The SMILES string of the molecule is ClCC=CC1CCCCC1. The molecule has 0 atom stereocenters. The Kier molecular flexibility index (Phi) is 3.89. The summed E-state index contributed by atoms with van der Waals surface area (Å²) >= 11 is 5.53. The first-order chi connectivity index (χ1) is 4.93. The second kappa shape index (κ2) is 4.79. The molecule has 1 saturated carbocycles. The summed E-state index contributed by atoms with van der Waals surface area (Å²) in [5.74, 6) is 1.52. The molecular formula is C9H15Cl. The monoisotopic (exact) mass is 158 g/mol. The number of hydrogen-bond acceptors (Lipinski definition) is 0. The Morgan fingerprint density at radius 3 is 2.50 bits per heavy atom. The highest BCUT2D eigenvalue weighted by Gasteiger charge is 2.08. The molecule has 58 valence electrons. The maximum Gasteiger partial charge on any atom is 0.0404 e. The van der Waals surface area contributed by atoms with Gasteiger partial charge < -0.3 is 0 Å². The quantitative estimate of drug-likeness (QED) is 0.427. The van der Waals surface area contributed by atoms with Crippen LogP contribution in [0.3, 0.4) is 0 Å². The number of rotatable bonds is 2. The van der Waals surface area contributed by atoms with Crippen molar-refractivity contribution in [2.75, 3.05) is 5.88 Å². The molecule has 0 aromatic heterocycles. The molecule has 0 aromatic carbocycles. The molecule has 0 N–H and O–H groups in total. The van der Waals surface area contributed by atoms with Crippen molar-refractivity contribution >= 4 is 11.6 Å². The van der Waals surface area contributed by atoms with E-state index in [2.05, 4.69) is 12.2 Å². The molecule has 0 bridgehead atoms. The Morgan fingerprint density at radius 2 is 1.90 bits per heavy atom. The van der Waals surface area contributed by atoms with Crippen LogP contribution in [0.2, 0.25) is 0 Å². The van der Waals surface area contributed by atoms with Gasteiger partial charge in [-0.1, -0.05) is 31.4 Å². The molecule has 0 nitrogen and oxygen atoms in total. The van der Waals surface area contributed by atoms with Crippen LogP contribution in [0, 0.1) is 5.92 Å². The Balaban J connectivity index is 2.19. The van der Waals surface area contributed by atoms with E-state index in [1.54, 1.807) is 0 Å². The van der Waals surface area contributed by atoms with E-state index in [4.69, 9.17) is 11.6 Å². The van der Waals surface area contributed by atoms with Crippen molar-refractivity contribution in [3.63, 3.8) is 0 Å². The maximum absolute atomic E-state index is 5.53. The molecule has 1 aliphatic carbocycles. The molecule has 0 radical (unpaired) electrons. The zero-order valence-corrected chi connectivity index (χ0v) is 7.11. The summed E-state index contributed by atoms with van der Waals surface area (Å²) in [5, 5.41) is 0. The van der Waals surface area contributed by atoms with E-state index in [9.17, 15) is 0 Å². The summed E-state index contributed by atoms with van der Waals surface area (Å²) < 4.78 is 0. The zero-order chi connectivity index (χ0) is 7.23. The number of hydrogen-bond donors (Lipinski definition) is 0. The first-order valence-corrected chi connectivity index (χ1v) is 4.69. The largest absolute Gasteiger partial charge is 0.122 e. The Labute approximate surface area is 68.3 Å². The van der Waals surface area contributed by atoms with Gasteiger partial charge >= 0.3 is 0 Å². The van der Waals surface area contributed by atoms with E-state index in [0.717, 1.165) is 5.92 Å². The second-order valence-electron chi connectivity index (χ2n) is 2.98. The summed E-state index contributed by atoms with van der Waals surface area (Å²) in [6, 6.07) is 0. The molecule has 1 rings (SSSR count). The summed E-state index contributed by atoms with van der Waals surface area (Å²) in [6.07, 6.45) is 11.4. The molecule has 0 amide bonds. The molecule has 0 spiro atoms. The van der Waals surface area contributed by atoms with Crippen molar-refractivity contribution in [1.82, 2.24) is 0 Å².